The van der Waals surface area contributed by atoms with Crippen molar-refractivity contribution in [1.82, 2.24) is 0 Å². The summed E-state index contributed by atoms with van der Waals surface area (Å²) in [7, 11) is 0. The van der Waals surface area contributed by atoms with E-state index in [1.165, 1.54) is 89.0 Å². The van der Waals surface area contributed by atoms with E-state index in [1.807, 2.05) is 0 Å². The van der Waals surface area contributed by atoms with Crippen LogP contribution in [0.4, 0.5) is 17.1 Å². The molecule has 0 amide bonds. The van der Waals surface area contributed by atoms with Gasteiger partial charge in [-0.15, -0.1) is 0 Å². The molecule has 9 aromatic rings. The number of fused-ring (bicyclic) bond motifs is 10. The van der Waals surface area contributed by atoms with Crippen molar-refractivity contribution < 1.29 is 0 Å². The SMILES string of the molecule is CC(C)(C)c1ccc2c(c1)C1(c3ccccc3-c3ccc(N(c4ccccc4)c4ccccc4-c4ccccc4-c4ccccc4-c4ccccc4)cc31)c1cc(C(C)(C)C)ccc1-2. The summed E-state index contributed by atoms with van der Waals surface area (Å²) in [5, 5.41) is 0. The predicted molar refractivity (Wildman–Crippen MR) is 271 cm³/mol. The van der Waals surface area contributed by atoms with Gasteiger partial charge in [0, 0.05) is 16.9 Å². The molecule has 0 fully saturated rings. The Bertz CT molecular complexity index is 3170. The van der Waals surface area contributed by atoms with E-state index in [0.717, 1.165) is 17.1 Å². The van der Waals surface area contributed by atoms with Gasteiger partial charge in [-0.1, -0.05) is 224 Å². The Morgan fingerprint density at radius 1 is 0.297 bits per heavy atom. The smallest absolute Gasteiger partial charge is 0.0726 e. The molecule has 11 rings (SSSR count). The Kier molecular flexibility index (Phi) is 9.26. The van der Waals surface area contributed by atoms with Crippen LogP contribution in [0.2, 0.25) is 0 Å². The lowest BCUT2D eigenvalue weighted by atomic mass is 9.68. The molecule has 64 heavy (non-hydrogen) atoms. The van der Waals surface area contributed by atoms with Gasteiger partial charge in [0.25, 0.3) is 0 Å². The molecule has 0 bridgehead atoms. The number of rotatable bonds is 6. The molecule has 1 spiro atoms. The van der Waals surface area contributed by atoms with Gasteiger partial charge in [0.15, 0.2) is 0 Å². The third kappa shape index (κ3) is 6.21. The van der Waals surface area contributed by atoms with Crippen molar-refractivity contribution in [2.24, 2.45) is 0 Å². The van der Waals surface area contributed by atoms with Gasteiger partial charge in [-0.05, 0) is 125 Å². The molecule has 310 valence electrons. The Labute approximate surface area is 379 Å². The van der Waals surface area contributed by atoms with E-state index in [1.54, 1.807) is 0 Å². The van der Waals surface area contributed by atoms with Gasteiger partial charge in [0.1, 0.15) is 0 Å². The van der Waals surface area contributed by atoms with Crippen LogP contribution in [0.25, 0.3) is 55.6 Å². The summed E-state index contributed by atoms with van der Waals surface area (Å²) in [6, 6.07) is 79.5. The Morgan fingerprint density at radius 2 is 0.703 bits per heavy atom. The van der Waals surface area contributed by atoms with Crippen LogP contribution in [0, 0.1) is 0 Å². The summed E-state index contributed by atoms with van der Waals surface area (Å²) >= 11 is 0. The summed E-state index contributed by atoms with van der Waals surface area (Å²) in [5.74, 6) is 0. The van der Waals surface area contributed by atoms with Crippen LogP contribution in [0.15, 0.2) is 212 Å². The van der Waals surface area contributed by atoms with E-state index in [-0.39, 0.29) is 10.8 Å². The van der Waals surface area contributed by atoms with Gasteiger partial charge in [0.2, 0.25) is 0 Å². The van der Waals surface area contributed by atoms with Crippen LogP contribution in [0.1, 0.15) is 74.9 Å². The van der Waals surface area contributed by atoms with E-state index in [4.69, 9.17) is 0 Å². The number of anilines is 3. The van der Waals surface area contributed by atoms with Gasteiger partial charge in [-0.3, -0.25) is 0 Å². The van der Waals surface area contributed by atoms with Crippen molar-refractivity contribution in [2.75, 3.05) is 4.90 Å². The number of nitrogens with zero attached hydrogens (tertiary/aromatic N) is 1. The largest absolute Gasteiger partial charge is 0.310 e. The molecule has 0 N–H and O–H groups in total. The first-order valence-electron chi connectivity index (χ1n) is 22.8. The minimum Gasteiger partial charge on any atom is -0.310 e. The zero-order valence-corrected chi connectivity index (χ0v) is 37.7. The first-order chi connectivity index (χ1) is 31.0. The lowest BCUT2D eigenvalue weighted by Gasteiger charge is -2.34. The second-order valence-electron chi connectivity index (χ2n) is 19.7. The third-order valence-corrected chi connectivity index (χ3v) is 13.8. The minimum atomic E-state index is -0.509. The van der Waals surface area contributed by atoms with E-state index >= 15 is 0 Å². The number of hydrogen-bond donors (Lipinski definition) is 0. The maximum absolute atomic E-state index is 2.54. The normalized spacial score (nSPS) is 13.3. The van der Waals surface area contributed by atoms with Crippen molar-refractivity contribution in [2.45, 2.75) is 57.8 Å². The van der Waals surface area contributed by atoms with E-state index in [2.05, 4.69) is 259 Å². The van der Waals surface area contributed by atoms with Crippen LogP contribution in [-0.4, -0.2) is 0 Å². The monoisotopic (exact) mass is 823 g/mol. The third-order valence-electron chi connectivity index (χ3n) is 13.8. The number of hydrogen-bond acceptors (Lipinski definition) is 1. The van der Waals surface area contributed by atoms with Crippen molar-refractivity contribution in [1.29, 1.82) is 0 Å². The summed E-state index contributed by atoms with van der Waals surface area (Å²) in [6.45, 7) is 14.0. The molecule has 0 radical (unpaired) electrons. The van der Waals surface area contributed by atoms with Crippen LogP contribution in [0.5, 0.6) is 0 Å². The molecule has 9 aromatic carbocycles. The molecule has 0 heterocycles. The van der Waals surface area contributed by atoms with Gasteiger partial charge < -0.3 is 4.90 Å². The maximum atomic E-state index is 2.54. The van der Waals surface area contributed by atoms with Crippen molar-refractivity contribution >= 4 is 17.1 Å². The summed E-state index contributed by atoms with van der Waals surface area (Å²) < 4.78 is 0. The van der Waals surface area contributed by atoms with Crippen molar-refractivity contribution in [3.63, 3.8) is 0 Å². The Hall–Kier alpha value is -7.22. The lowest BCUT2D eigenvalue weighted by molar-refractivity contribution is 0.586. The Morgan fingerprint density at radius 3 is 1.28 bits per heavy atom. The van der Waals surface area contributed by atoms with Gasteiger partial charge in [0.05, 0.1) is 11.1 Å². The maximum Gasteiger partial charge on any atom is 0.0726 e. The second-order valence-corrected chi connectivity index (χ2v) is 19.7. The number of para-hydroxylation sites is 2. The molecule has 1 nitrogen and oxygen atoms in total. The highest BCUT2D eigenvalue weighted by Gasteiger charge is 2.52. The average Bonchev–Trinajstić information content (AvgIpc) is 3.78. The minimum absolute atomic E-state index is 0.0178. The summed E-state index contributed by atoms with van der Waals surface area (Å²) in [4.78, 5) is 2.49. The molecule has 0 saturated heterocycles. The quantitative estimate of drug-likeness (QED) is 0.161. The molecule has 1 heteroatoms. The molecule has 2 aliphatic rings. The fourth-order valence-electron chi connectivity index (χ4n) is 10.7. The highest BCUT2D eigenvalue weighted by molar-refractivity contribution is 5.99. The van der Waals surface area contributed by atoms with Crippen LogP contribution >= 0.6 is 0 Å². The first-order valence-corrected chi connectivity index (χ1v) is 22.8. The average molecular weight is 824 g/mol. The number of benzene rings is 9. The fourth-order valence-corrected chi connectivity index (χ4v) is 10.7. The molecular formula is C63H53N. The van der Waals surface area contributed by atoms with Crippen LogP contribution in [-0.2, 0) is 16.2 Å². The predicted octanol–water partition coefficient (Wildman–Crippen LogP) is 17.1. The van der Waals surface area contributed by atoms with Crippen LogP contribution in [0.3, 0.4) is 0 Å². The molecule has 0 unspecified atom stereocenters. The molecule has 0 saturated carbocycles. The molecule has 2 aliphatic carbocycles. The highest BCUT2D eigenvalue weighted by Crippen LogP contribution is 2.64. The first kappa shape index (κ1) is 39.6. The van der Waals surface area contributed by atoms with Crippen molar-refractivity contribution in [3.05, 3.63) is 246 Å². The lowest BCUT2D eigenvalue weighted by Crippen LogP contribution is -2.27. The van der Waals surface area contributed by atoms with Gasteiger partial charge in [-0.25, -0.2) is 0 Å². The molecular weight excluding hydrogens is 771 g/mol. The molecule has 0 aromatic heterocycles. The standard InChI is InChI=1S/C63H53N/c1-61(2,3)43-33-36-52-53-37-34-44(62(4,5)6)40-58(53)63(57(52)39-43)56-31-19-17-29-51(56)54-38-35-46(41-59(54)63)64(45-23-11-8-12-24-45)60-32-20-18-30-55(60)50-28-16-15-27-49(50)48-26-14-13-25-47(48)42-21-9-7-10-22-42/h7-41H,1-6H3. The Balaban J connectivity index is 1.17. The van der Waals surface area contributed by atoms with Gasteiger partial charge >= 0.3 is 0 Å². The highest BCUT2D eigenvalue weighted by atomic mass is 15.1. The zero-order chi connectivity index (χ0) is 43.8. The topological polar surface area (TPSA) is 3.24 Å². The zero-order valence-electron chi connectivity index (χ0n) is 37.7. The summed E-state index contributed by atoms with van der Waals surface area (Å²) in [5.41, 5.74) is 23.4. The van der Waals surface area contributed by atoms with E-state index < -0.39 is 5.41 Å². The fraction of sp³-hybridized carbons (Fsp3) is 0.143. The van der Waals surface area contributed by atoms with Crippen LogP contribution < -0.4 is 4.90 Å². The molecule has 0 aliphatic heterocycles. The van der Waals surface area contributed by atoms with Crippen molar-refractivity contribution in [3.8, 4) is 55.6 Å². The molecule has 0 atom stereocenters. The summed E-state index contributed by atoms with van der Waals surface area (Å²) in [6.07, 6.45) is 0. The van der Waals surface area contributed by atoms with E-state index in [0.29, 0.717) is 0 Å². The van der Waals surface area contributed by atoms with E-state index in [9.17, 15) is 0 Å². The second kappa shape index (κ2) is 15.0. The van der Waals surface area contributed by atoms with Gasteiger partial charge in [-0.2, -0.15) is 0 Å².